The fourth-order valence-electron chi connectivity index (χ4n) is 4.87. The summed E-state index contributed by atoms with van der Waals surface area (Å²) in [6, 6.07) is 3.61. The number of carbonyl (C=O) groups is 2. The maximum absolute atomic E-state index is 13.2. The van der Waals surface area contributed by atoms with E-state index in [1.165, 1.54) is 15.9 Å². The minimum atomic E-state index is -0.702. The number of β-amino-alcohol motifs (C(OH)–C–C–N with tert-alkyl or cyclic N) is 1. The summed E-state index contributed by atoms with van der Waals surface area (Å²) >= 11 is 6.05. The summed E-state index contributed by atoms with van der Waals surface area (Å²) in [5.41, 5.74) is 0.993. The lowest BCUT2D eigenvalue weighted by atomic mass is 9.77. The fraction of sp³-hybridized carbons (Fsp3) is 0.524. The minimum Gasteiger partial charge on any atom is -0.469 e. The molecular weight excluding hydrogens is 450 g/mol. The van der Waals surface area contributed by atoms with Crippen LogP contribution in [0, 0.1) is 12.3 Å². The number of ether oxygens (including phenoxy) is 1. The SMILES string of the molecule is Cc1nc(-n2cnnn2)ccc1[C@@H](O)CN1CCC2(CC1)CCN(C1=C(Cl)C(=O)CO1)C2=O. The normalized spacial score (nSPS) is 21.8. The number of pyridine rings is 1. The van der Waals surface area contributed by atoms with Crippen LogP contribution in [0.5, 0.6) is 0 Å². The highest BCUT2D eigenvalue weighted by molar-refractivity contribution is 6.43. The molecule has 0 aliphatic carbocycles. The molecule has 2 saturated heterocycles. The number of aromatic nitrogens is 5. The third-order valence-electron chi connectivity index (χ3n) is 6.83. The second-order valence-corrected chi connectivity index (χ2v) is 9.11. The standard InChI is InChI=1S/C21H24ClN7O4/c1-13-14(2-3-17(24-13)29-12-23-25-26-29)15(30)10-27-7-4-21(5-8-27)6-9-28(20(21)32)19-18(22)16(31)11-33-19/h2-3,12,15,30H,4-11H2,1H3/t15-/m0/s1. The van der Waals surface area contributed by atoms with Gasteiger partial charge in [-0.1, -0.05) is 17.7 Å². The second kappa shape index (κ2) is 8.47. The van der Waals surface area contributed by atoms with E-state index < -0.39 is 11.5 Å². The highest BCUT2D eigenvalue weighted by Crippen LogP contribution is 2.44. The Balaban J connectivity index is 1.21. The number of hydrogen-bond acceptors (Lipinski definition) is 9. The van der Waals surface area contributed by atoms with Crippen LogP contribution in [-0.2, 0) is 14.3 Å². The van der Waals surface area contributed by atoms with Crippen LogP contribution in [-0.4, -0.2) is 84.6 Å². The number of aliphatic hydroxyl groups is 1. The van der Waals surface area contributed by atoms with Crippen molar-refractivity contribution in [3.63, 3.8) is 0 Å². The molecule has 2 fully saturated rings. The zero-order chi connectivity index (χ0) is 23.2. The van der Waals surface area contributed by atoms with E-state index >= 15 is 0 Å². The van der Waals surface area contributed by atoms with Gasteiger partial charge in [-0.3, -0.25) is 14.5 Å². The van der Waals surface area contributed by atoms with Gasteiger partial charge in [0.05, 0.1) is 11.5 Å². The quantitative estimate of drug-likeness (QED) is 0.668. The van der Waals surface area contributed by atoms with Crippen molar-refractivity contribution in [2.75, 3.05) is 32.8 Å². The molecule has 2 aromatic rings. The molecule has 0 unspecified atom stereocenters. The van der Waals surface area contributed by atoms with E-state index in [1.54, 1.807) is 6.07 Å². The number of aliphatic hydroxyl groups excluding tert-OH is 1. The molecule has 33 heavy (non-hydrogen) atoms. The predicted octanol–water partition coefficient (Wildman–Crippen LogP) is 0.721. The fourth-order valence-corrected chi connectivity index (χ4v) is 5.08. The number of carbonyl (C=O) groups excluding carboxylic acids is 2. The zero-order valence-corrected chi connectivity index (χ0v) is 18.9. The largest absolute Gasteiger partial charge is 0.469 e. The molecule has 0 aromatic carbocycles. The van der Waals surface area contributed by atoms with E-state index in [0.29, 0.717) is 57.0 Å². The first-order valence-corrected chi connectivity index (χ1v) is 11.2. The molecule has 12 heteroatoms. The first-order valence-electron chi connectivity index (χ1n) is 10.9. The first-order chi connectivity index (χ1) is 15.9. The van der Waals surface area contributed by atoms with Gasteiger partial charge in [0, 0.05) is 24.3 Å². The third kappa shape index (κ3) is 3.90. The maximum Gasteiger partial charge on any atom is 0.235 e. The van der Waals surface area contributed by atoms with Crippen LogP contribution in [0.2, 0.25) is 0 Å². The number of piperidine rings is 1. The zero-order valence-electron chi connectivity index (χ0n) is 18.1. The number of ketones is 1. The van der Waals surface area contributed by atoms with Crippen LogP contribution in [0.3, 0.4) is 0 Å². The van der Waals surface area contributed by atoms with Gasteiger partial charge in [-0.05, 0) is 55.8 Å². The highest BCUT2D eigenvalue weighted by atomic mass is 35.5. The Labute approximate surface area is 195 Å². The molecule has 3 aliphatic heterocycles. The Bertz CT molecular complexity index is 1110. The van der Waals surface area contributed by atoms with Gasteiger partial charge in [0.2, 0.25) is 17.6 Å². The monoisotopic (exact) mass is 473 g/mol. The lowest BCUT2D eigenvalue weighted by Gasteiger charge is -2.38. The molecule has 5 rings (SSSR count). The van der Waals surface area contributed by atoms with E-state index in [9.17, 15) is 14.7 Å². The van der Waals surface area contributed by atoms with E-state index in [-0.39, 0.29) is 29.2 Å². The molecule has 0 saturated carbocycles. The summed E-state index contributed by atoms with van der Waals surface area (Å²) < 4.78 is 6.84. The van der Waals surface area contributed by atoms with Crippen LogP contribution in [0.4, 0.5) is 0 Å². The number of aryl methyl sites for hydroxylation is 1. The molecule has 1 amide bonds. The van der Waals surface area contributed by atoms with Crippen molar-refractivity contribution in [1.82, 2.24) is 35.0 Å². The second-order valence-electron chi connectivity index (χ2n) is 8.73. The van der Waals surface area contributed by atoms with Crippen LogP contribution in [0.1, 0.15) is 36.6 Å². The van der Waals surface area contributed by atoms with Gasteiger partial charge in [-0.2, -0.15) is 4.68 Å². The van der Waals surface area contributed by atoms with E-state index in [4.69, 9.17) is 16.3 Å². The number of nitrogens with zero attached hydrogens (tertiary/aromatic N) is 7. The summed E-state index contributed by atoms with van der Waals surface area (Å²) in [4.78, 5) is 33.1. The molecule has 1 spiro atoms. The lowest BCUT2D eigenvalue weighted by molar-refractivity contribution is -0.139. The molecule has 2 aromatic heterocycles. The van der Waals surface area contributed by atoms with Gasteiger partial charge in [0.25, 0.3) is 0 Å². The summed E-state index contributed by atoms with van der Waals surface area (Å²) in [6.07, 6.45) is 2.84. The van der Waals surface area contributed by atoms with Gasteiger partial charge in [0.1, 0.15) is 11.4 Å². The van der Waals surface area contributed by atoms with Gasteiger partial charge in [-0.25, -0.2) is 4.98 Å². The Kier molecular flexibility index (Phi) is 5.63. The van der Waals surface area contributed by atoms with E-state index in [2.05, 4.69) is 25.4 Å². The van der Waals surface area contributed by atoms with E-state index in [0.717, 1.165) is 5.56 Å². The highest BCUT2D eigenvalue weighted by Gasteiger charge is 2.50. The molecule has 1 atom stereocenters. The number of hydrogen-bond donors (Lipinski definition) is 1. The molecule has 3 aliphatic rings. The number of likely N-dealkylation sites (tertiary alicyclic amines) is 2. The Hall–Kier alpha value is -2.89. The number of tetrazole rings is 1. The Morgan fingerprint density at radius 2 is 1.97 bits per heavy atom. The van der Waals surface area contributed by atoms with Gasteiger partial charge in [0.15, 0.2) is 12.4 Å². The summed E-state index contributed by atoms with van der Waals surface area (Å²) in [5.74, 6) is 0.471. The van der Waals surface area contributed by atoms with Crippen molar-refractivity contribution in [1.29, 1.82) is 0 Å². The molecule has 174 valence electrons. The average Bonchev–Trinajstić information content (AvgIpc) is 3.53. The van der Waals surface area contributed by atoms with Gasteiger partial charge >= 0.3 is 0 Å². The number of rotatable bonds is 5. The summed E-state index contributed by atoms with van der Waals surface area (Å²) in [7, 11) is 0. The van der Waals surface area contributed by atoms with Crippen molar-refractivity contribution < 1.29 is 19.4 Å². The maximum atomic E-state index is 13.2. The van der Waals surface area contributed by atoms with Gasteiger partial charge in [-0.15, -0.1) is 5.10 Å². The number of amides is 1. The molecule has 0 bridgehead atoms. The molecule has 0 radical (unpaired) electrons. The average molecular weight is 474 g/mol. The molecule has 1 N–H and O–H groups in total. The van der Waals surface area contributed by atoms with Crippen molar-refractivity contribution in [3.05, 3.63) is 40.6 Å². The van der Waals surface area contributed by atoms with Crippen LogP contribution in [0.15, 0.2) is 29.4 Å². The van der Waals surface area contributed by atoms with Crippen molar-refractivity contribution in [2.24, 2.45) is 5.41 Å². The summed E-state index contributed by atoms with van der Waals surface area (Å²) in [5, 5.41) is 21.9. The van der Waals surface area contributed by atoms with Crippen LogP contribution < -0.4 is 0 Å². The van der Waals surface area contributed by atoms with Gasteiger partial charge < -0.3 is 14.7 Å². The van der Waals surface area contributed by atoms with Crippen molar-refractivity contribution in [3.8, 4) is 5.82 Å². The number of Topliss-reactive ketones (excluding diaryl/α,β-unsaturated/α-hetero) is 1. The molecular formula is C21H24ClN7O4. The molecule has 11 nitrogen and oxygen atoms in total. The summed E-state index contributed by atoms with van der Waals surface area (Å²) in [6.45, 7) is 4.07. The first kappa shape index (κ1) is 21.9. The number of halogens is 1. The third-order valence-corrected chi connectivity index (χ3v) is 7.20. The Morgan fingerprint density at radius 3 is 2.61 bits per heavy atom. The lowest BCUT2D eigenvalue weighted by Crippen LogP contribution is -2.45. The van der Waals surface area contributed by atoms with Crippen LogP contribution >= 0.6 is 11.6 Å². The van der Waals surface area contributed by atoms with Crippen LogP contribution in [0.25, 0.3) is 5.82 Å². The molecule has 5 heterocycles. The van der Waals surface area contributed by atoms with E-state index in [1.807, 2.05) is 13.0 Å². The smallest absolute Gasteiger partial charge is 0.235 e. The van der Waals surface area contributed by atoms with Crippen molar-refractivity contribution in [2.45, 2.75) is 32.3 Å². The topological polar surface area (TPSA) is 127 Å². The van der Waals surface area contributed by atoms with Crippen molar-refractivity contribution >= 4 is 23.3 Å². The Morgan fingerprint density at radius 1 is 1.21 bits per heavy atom. The predicted molar refractivity (Wildman–Crippen MR) is 115 cm³/mol. The minimum absolute atomic E-state index is 0.0102.